The maximum absolute atomic E-state index is 5.28. The van der Waals surface area contributed by atoms with E-state index >= 15 is 0 Å². The van der Waals surface area contributed by atoms with Crippen molar-refractivity contribution in [3.8, 4) is 12.0 Å². The van der Waals surface area contributed by atoms with Crippen LogP contribution >= 0.6 is 0 Å². The number of hydrogen-bond donors (Lipinski definition) is 1. The predicted octanol–water partition coefficient (Wildman–Crippen LogP) is 0.480. The first-order valence-corrected chi connectivity index (χ1v) is 5.50. The van der Waals surface area contributed by atoms with E-state index in [1.165, 1.54) is 14.2 Å². The monoisotopic (exact) mass is 240 g/mol. The molecule has 1 aromatic heterocycles. The van der Waals surface area contributed by atoms with E-state index in [1.807, 2.05) is 0 Å². The average Bonchev–Trinajstić information content (AvgIpc) is 2.39. The Labute approximate surface area is 99.5 Å². The van der Waals surface area contributed by atoms with Crippen molar-refractivity contribution in [1.82, 2.24) is 15.0 Å². The minimum Gasteiger partial charge on any atom is -0.467 e. The molecule has 0 bridgehead atoms. The van der Waals surface area contributed by atoms with Gasteiger partial charge in [0.15, 0.2) is 0 Å². The van der Waals surface area contributed by atoms with Crippen molar-refractivity contribution in [2.75, 3.05) is 32.8 Å². The Morgan fingerprint density at radius 3 is 2.18 bits per heavy atom. The van der Waals surface area contributed by atoms with E-state index in [2.05, 4.69) is 20.3 Å². The van der Waals surface area contributed by atoms with Crippen molar-refractivity contribution in [2.24, 2.45) is 0 Å². The molecule has 1 aromatic rings. The highest BCUT2D eigenvalue weighted by molar-refractivity contribution is 5.29. The van der Waals surface area contributed by atoms with E-state index in [-0.39, 0.29) is 12.0 Å². The summed E-state index contributed by atoms with van der Waals surface area (Å²) in [4.78, 5) is 12.2. The summed E-state index contributed by atoms with van der Waals surface area (Å²) in [5, 5.41) is 3.23. The number of ether oxygens (including phenoxy) is 3. The minimum absolute atomic E-state index is 0.242. The quantitative estimate of drug-likeness (QED) is 0.820. The summed E-state index contributed by atoms with van der Waals surface area (Å²) in [6.45, 7) is 1.52. The molecule has 0 saturated carbocycles. The van der Waals surface area contributed by atoms with Crippen LogP contribution in [0.4, 0.5) is 5.95 Å². The fourth-order valence-electron chi connectivity index (χ4n) is 1.61. The van der Waals surface area contributed by atoms with E-state index in [0.717, 1.165) is 26.1 Å². The first-order valence-electron chi connectivity index (χ1n) is 5.50. The highest BCUT2D eigenvalue weighted by atomic mass is 16.5. The molecular weight excluding hydrogens is 224 g/mol. The molecule has 1 aliphatic rings. The van der Waals surface area contributed by atoms with Gasteiger partial charge in [0.2, 0.25) is 5.95 Å². The van der Waals surface area contributed by atoms with Crippen molar-refractivity contribution >= 4 is 5.95 Å². The number of aromatic nitrogens is 3. The smallest absolute Gasteiger partial charge is 0.324 e. The predicted molar refractivity (Wildman–Crippen MR) is 60.4 cm³/mol. The molecule has 0 aliphatic carbocycles. The molecule has 0 aromatic carbocycles. The summed E-state index contributed by atoms with van der Waals surface area (Å²) in [6.07, 6.45) is 1.88. The van der Waals surface area contributed by atoms with Crippen LogP contribution in [-0.2, 0) is 4.74 Å². The van der Waals surface area contributed by atoms with Gasteiger partial charge >= 0.3 is 12.0 Å². The van der Waals surface area contributed by atoms with Crippen LogP contribution in [0, 0.1) is 0 Å². The summed E-state index contributed by atoms with van der Waals surface area (Å²) in [6, 6.07) is 0.804. The minimum atomic E-state index is 0.242. The molecule has 1 saturated heterocycles. The van der Waals surface area contributed by atoms with Gasteiger partial charge in [-0.05, 0) is 12.8 Å². The largest absolute Gasteiger partial charge is 0.467 e. The summed E-state index contributed by atoms with van der Waals surface area (Å²) < 4.78 is 15.2. The fourth-order valence-corrected chi connectivity index (χ4v) is 1.61. The van der Waals surface area contributed by atoms with Crippen LogP contribution < -0.4 is 14.8 Å². The molecular formula is C10H16N4O3. The van der Waals surface area contributed by atoms with Crippen molar-refractivity contribution in [3.63, 3.8) is 0 Å². The zero-order chi connectivity index (χ0) is 12.1. The molecule has 1 N–H and O–H groups in total. The van der Waals surface area contributed by atoms with Crippen LogP contribution in [-0.4, -0.2) is 48.4 Å². The third kappa shape index (κ3) is 3.16. The number of anilines is 1. The second-order valence-corrected chi connectivity index (χ2v) is 3.66. The second-order valence-electron chi connectivity index (χ2n) is 3.66. The van der Waals surface area contributed by atoms with Crippen LogP contribution in [0.15, 0.2) is 0 Å². The number of methoxy groups -OCH3 is 2. The molecule has 0 atom stereocenters. The normalized spacial score (nSPS) is 16.6. The zero-order valence-corrected chi connectivity index (χ0v) is 9.97. The fraction of sp³-hybridized carbons (Fsp3) is 0.700. The number of nitrogens with one attached hydrogen (secondary N) is 1. The molecule has 0 spiro atoms. The summed E-state index contributed by atoms with van der Waals surface area (Å²) >= 11 is 0. The van der Waals surface area contributed by atoms with Crippen LogP contribution in [0.1, 0.15) is 12.8 Å². The molecule has 7 heteroatoms. The van der Waals surface area contributed by atoms with Crippen molar-refractivity contribution in [3.05, 3.63) is 0 Å². The Morgan fingerprint density at radius 2 is 1.65 bits per heavy atom. The van der Waals surface area contributed by atoms with Crippen LogP contribution in [0.2, 0.25) is 0 Å². The molecule has 0 amide bonds. The van der Waals surface area contributed by atoms with Gasteiger partial charge in [0.05, 0.1) is 14.2 Å². The molecule has 2 rings (SSSR count). The molecule has 1 aliphatic heterocycles. The lowest BCUT2D eigenvalue weighted by atomic mass is 10.1. The molecule has 1 fully saturated rings. The standard InChI is InChI=1S/C10H16N4O3/c1-15-9-12-8(13-10(14-9)16-2)11-7-3-5-17-6-4-7/h7H,3-6H2,1-2H3,(H,11,12,13,14). The molecule has 7 nitrogen and oxygen atoms in total. The zero-order valence-electron chi connectivity index (χ0n) is 9.97. The Morgan fingerprint density at radius 1 is 1.06 bits per heavy atom. The lowest BCUT2D eigenvalue weighted by Gasteiger charge is -2.23. The lowest BCUT2D eigenvalue weighted by Crippen LogP contribution is -2.28. The summed E-state index contributed by atoms with van der Waals surface area (Å²) in [7, 11) is 3.01. The Bertz CT molecular complexity index is 346. The lowest BCUT2D eigenvalue weighted by molar-refractivity contribution is 0.0903. The van der Waals surface area contributed by atoms with Crippen LogP contribution in [0.3, 0.4) is 0 Å². The topological polar surface area (TPSA) is 78.4 Å². The van der Waals surface area contributed by atoms with Crippen molar-refractivity contribution in [1.29, 1.82) is 0 Å². The van der Waals surface area contributed by atoms with Gasteiger partial charge in [-0.15, -0.1) is 4.98 Å². The van der Waals surface area contributed by atoms with Gasteiger partial charge in [-0.25, -0.2) is 0 Å². The van der Waals surface area contributed by atoms with Gasteiger partial charge in [0, 0.05) is 19.3 Å². The maximum Gasteiger partial charge on any atom is 0.324 e. The van der Waals surface area contributed by atoms with Crippen LogP contribution in [0.5, 0.6) is 12.0 Å². The van der Waals surface area contributed by atoms with Crippen molar-refractivity contribution in [2.45, 2.75) is 18.9 Å². The van der Waals surface area contributed by atoms with Gasteiger partial charge in [-0.1, -0.05) is 0 Å². The Balaban J connectivity index is 2.07. The van der Waals surface area contributed by atoms with E-state index < -0.39 is 0 Å². The molecule has 2 heterocycles. The van der Waals surface area contributed by atoms with Gasteiger partial charge < -0.3 is 19.5 Å². The van der Waals surface area contributed by atoms with Gasteiger partial charge in [-0.2, -0.15) is 9.97 Å². The third-order valence-corrected chi connectivity index (χ3v) is 2.51. The van der Waals surface area contributed by atoms with Crippen molar-refractivity contribution < 1.29 is 14.2 Å². The van der Waals surface area contributed by atoms with E-state index in [0.29, 0.717) is 12.0 Å². The molecule has 0 radical (unpaired) electrons. The summed E-state index contributed by atoms with van der Waals surface area (Å²) in [5.74, 6) is 0.473. The Kier molecular flexibility index (Phi) is 3.92. The number of nitrogens with zero attached hydrogens (tertiary/aromatic N) is 3. The van der Waals surface area contributed by atoms with Gasteiger partial charge in [0.1, 0.15) is 0 Å². The first-order chi connectivity index (χ1) is 8.31. The molecule has 0 unspecified atom stereocenters. The maximum atomic E-state index is 5.28. The van der Waals surface area contributed by atoms with E-state index in [4.69, 9.17) is 14.2 Å². The number of hydrogen-bond acceptors (Lipinski definition) is 7. The average molecular weight is 240 g/mol. The Hall–Kier alpha value is -1.63. The second kappa shape index (κ2) is 5.62. The highest BCUT2D eigenvalue weighted by Gasteiger charge is 2.16. The SMILES string of the molecule is COc1nc(NC2CCOCC2)nc(OC)n1. The molecule has 17 heavy (non-hydrogen) atoms. The number of rotatable bonds is 4. The highest BCUT2D eigenvalue weighted by Crippen LogP contribution is 2.16. The van der Waals surface area contributed by atoms with E-state index in [9.17, 15) is 0 Å². The summed E-state index contributed by atoms with van der Waals surface area (Å²) in [5.41, 5.74) is 0. The van der Waals surface area contributed by atoms with Gasteiger partial charge in [0.25, 0.3) is 0 Å². The van der Waals surface area contributed by atoms with E-state index in [1.54, 1.807) is 0 Å². The molecule has 94 valence electrons. The first kappa shape index (κ1) is 11.8. The van der Waals surface area contributed by atoms with Gasteiger partial charge in [-0.3, -0.25) is 0 Å². The van der Waals surface area contributed by atoms with Crippen LogP contribution in [0.25, 0.3) is 0 Å². The third-order valence-electron chi connectivity index (χ3n) is 2.51.